The Morgan fingerprint density at radius 3 is 2.12 bits per heavy atom. The maximum absolute atomic E-state index is 11.9. The average Bonchev–Trinajstić information content (AvgIpc) is 2.59. The molecule has 0 heterocycles. The van der Waals surface area contributed by atoms with Crippen LogP contribution in [0.4, 0.5) is 16.2 Å². The zero-order valence-corrected chi connectivity index (χ0v) is 13.6. The van der Waals surface area contributed by atoms with Crippen molar-refractivity contribution < 1.29 is 27.3 Å². The fourth-order valence-electron chi connectivity index (χ4n) is 1.78. The van der Waals surface area contributed by atoms with Crippen molar-refractivity contribution in [3.05, 3.63) is 60.7 Å². The summed E-state index contributed by atoms with van der Waals surface area (Å²) in [5, 5.41) is 0. The predicted molar refractivity (Wildman–Crippen MR) is 90.0 cm³/mol. The van der Waals surface area contributed by atoms with Gasteiger partial charge >= 0.3 is 16.4 Å². The van der Waals surface area contributed by atoms with E-state index in [2.05, 4.69) is 15.6 Å². The van der Waals surface area contributed by atoms with E-state index in [1.807, 2.05) is 0 Å². The number of ether oxygens (including phenoxy) is 1. The standard InChI is InChI=1S/C15H15N3O6S/c19-14(17-16-12-7-3-1-4-8-12)11-24-15(20)18(25(21,22)23)13-9-5-2-6-10-13/h1-10,16H,11H2,(H,17,19)(H,21,22,23). The monoisotopic (exact) mass is 365 g/mol. The number of anilines is 2. The molecule has 9 nitrogen and oxygen atoms in total. The number of amides is 2. The molecular formula is C15H15N3O6S. The SMILES string of the molecule is O=C(COC(=O)N(c1ccccc1)S(=O)(=O)O)NNc1ccccc1. The van der Waals surface area contributed by atoms with Crippen LogP contribution in [0.2, 0.25) is 0 Å². The minimum atomic E-state index is -4.91. The van der Waals surface area contributed by atoms with Crippen LogP contribution in [0.3, 0.4) is 0 Å². The van der Waals surface area contributed by atoms with Gasteiger partial charge in [-0.25, -0.2) is 4.79 Å². The molecule has 0 aromatic heterocycles. The van der Waals surface area contributed by atoms with Crippen LogP contribution in [0.15, 0.2) is 60.7 Å². The summed E-state index contributed by atoms with van der Waals surface area (Å²) in [6, 6.07) is 15.8. The zero-order valence-electron chi connectivity index (χ0n) is 12.8. The zero-order chi connectivity index (χ0) is 18.3. The summed E-state index contributed by atoms with van der Waals surface area (Å²) in [4.78, 5) is 23.6. The van der Waals surface area contributed by atoms with Crippen molar-refractivity contribution in [3.8, 4) is 0 Å². The Kier molecular flexibility index (Phi) is 5.93. The molecule has 0 bridgehead atoms. The number of carbonyl (C=O) groups excluding carboxylic acids is 2. The summed E-state index contributed by atoms with van der Waals surface area (Å²) >= 11 is 0. The van der Waals surface area contributed by atoms with Gasteiger partial charge in [-0.1, -0.05) is 36.4 Å². The summed E-state index contributed by atoms with van der Waals surface area (Å²) in [5.41, 5.74) is 5.34. The van der Waals surface area contributed by atoms with Gasteiger partial charge < -0.3 is 4.74 Å². The Bertz CT molecular complexity index is 827. The van der Waals surface area contributed by atoms with Gasteiger partial charge in [0.2, 0.25) is 0 Å². The summed E-state index contributed by atoms with van der Waals surface area (Å²) in [5.74, 6) is -0.722. The molecule has 3 N–H and O–H groups in total. The van der Waals surface area contributed by atoms with E-state index >= 15 is 0 Å². The molecule has 0 saturated carbocycles. The number of nitrogens with zero attached hydrogens (tertiary/aromatic N) is 1. The fraction of sp³-hybridized carbons (Fsp3) is 0.0667. The number of para-hydroxylation sites is 2. The van der Waals surface area contributed by atoms with E-state index in [9.17, 15) is 22.6 Å². The van der Waals surface area contributed by atoms with Crippen LogP contribution in [-0.2, 0) is 19.8 Å². The molecule has 0 spiro atoms. The second kappa shape index (κ2) is 8.13. The Morgan fingerprint density at radius 1 is 1.00 bits per heavy atom. The third kappa shape index (κ3) is 5.48. The lowest BCUT2D eigenvalue weighted by atomic mass is 10.3. The van der Waals surface area contributed by atoms with E-state index in [0.717, 1.165) is 0 Å². The highest BCUT2D eigenvalue weighted by molar-refractivity contribution is 7.88. The van der Waals surface area contributed by atoms with Crippen LogP contribution in [0.25, 0.3) is 0 Å². The minimum absolute atomic E-state index is 0.0465. The largest absolute Gasteiger partial charge is 0.438 e. The average molecular weight is 365 g/mol. The molecule has 0 atom stereocenters. The number of benzene rings is 2. The van der Waals surface area contributed by atoms with E-state index in [0.29, 0.717) is 5.69 Å². The van der Waals surface area contributed by atoms with Crippen molar-refractivity contribution in [2.24, 2.45) is 0 Å². The molecule has 2 rings (SSSR count). The van der Waals surface area contributed by atoms with Crippen molar-refractivity contribution >= 4 is 33.7 Å². The van der Waals surface area contributed by atoms with E-state index in [1.54, 1.807) is 36.4 Å². The highest BCUT2D eigenvalue weighted by atomic mass is 32.2. The minimum Gasteiger partial charge on any atom is -0.438 e. The molecule has 0 unspecified atom stereocenters. The highest BCUT2D eigenvalue weighted by Gasteiger charge is 2.29. The van der Waals surface area contributed by atoms with Gasteiger partial charge in [0.1, 0.15) is 0 Å². The molecule has 0 aliphatic carbocycles. The number of rotatable bonds is 6. The molecule has 0 radical (unpaired) electrons. The normalized spacial score (nSPS) is 10.6. The van der Waals surface area contributed by atoms with E-state index in [1.165, 1.54) is 24.3 Å². The maximum atomic E-state index is 11.9. The van der Waals surface area contributed by atoms with Crippen molar-refractivity contribution in [1.29, 1.82) is 0 Å². The van der Waals surface area contributed by atoms with Gasteiger partial charge in [-0.05, 0) is 24.3 Å². The quantitative estimate of drug-likeness (QED) is 0.524. The molecule has 0 aliphatic rings. The smallest absolute Gasteiger partial charge is 0.430 e. The van der Waals surface area contributed by atoms with Crippen molar-refractivity contribution in [1.82, 2.24) is 5.43 Å². The molecule has 132 valence electrons. The molecule has 0 aliphatic heterocycles. The third-order valence-corrected chi connectivity index (χ3v) is 3.66. The van der Waals surface area contributed by atoms with Crippen LogP contribution in [0.1, 0.15) is 0 Å². The number of nitrogens with one attached hydrogen (secondary N) is 2. The fourth-order valence-corrected chi connectivity index (χ4v) is 2.41. The summed E-state index contributed by atoms with van der Waals surface area (Å²) in [7, 11) is -4.91. The Labute approximate surface area is 144 Å². The number of carbonyl (C=O) groups is 2. The lowest BCUT2D eigenvalue weighted by Crippen LogP contribution is -2.40. The van der Waals surface area contributed by atoms with Crippen molar-refractivity contribution in [3.63, 3.8) is 0 Å². The van der Waals surface area contributed by atoms with Gasteiger partial charge in [0, 0.05) is 0 Å². The van der Waals surface area contributed by atoms with Crippen molar-refractivity contribution in [2.75, 3.05) is 16.3 Å². The summed E-state index contributed by atoms with van der Waals surface area (Å²) < 4.78 is 36.7. The first-order valence-electron chi connectivity index (χ1n) is 6.97. The Morgan fingerprint density at radius 2 is 1.56 bits per heavy atom. The molecule has 10 heteroatoms. The topological polar surface area (TPSA) is 125 Å². The highest BCUT2D eigenvalue weighted by Crippen LogP contribution is 2.17. The number of hydrogen-bond acceptors (Lipinski definition) is 6. The first kappa shape index (κ1) is 18.2. The number of hydrogen-bond donors (Lipinski definition) is 3. The molecule has 0 fully saturated rings. The molecule has 2 aromatic rings. The first-order chi connectivity index (χ1) is 11.9. The third-order valence-electron chi connectivity index (χ3n) is 2.83. The first-order valence-corrected chi connectivity index (χ1v) is 8.37. The van der Waals surface area contributed by atoms with Crippen LogP contribution >= 0.6 is 0 Å². The molecule has 2 aromatic carbocycles. The maximum Gasteiger partial charge on any atom is 0.430 e. The molecule has 2 amide bonds. The van der Waals surface area contributed by atoms with E-state index in [-0.39, 0.29) is 9.99 Å². The van der Waals surface area contributed by atoms with Crippen molar-refractivity contribution in [2.45, 2.75) is 0 Å². The van der Waals surface area contributed by atoms with Crippen LogP contribution in [0, 0.1) is 0 Å². The van der Waals surface area contributed by atoms with E-state index in [4.69, 9.17) is 0 Å². The number of hydrazine groups is 1. The van der Waals surface area contributed by atoms with Gasteiger partial charge in [0.15, 0.2) is 6.61 Å². The van der Waals surface area contributed by atoms with Crippen LogP contribution in [-0.4, -0.2) is 31.6 Å². The van der Waals surface area contributed by atoms with Gasteiger partial charge in [-0.2, -0.15) is 8.42 Å². The summed E-state index contributed by atoms with van der Waals surface area (Å²) in [6.07, 6.45) is -1.41. The van der Waals surface area contributed by atoms with Crippen LogP contribution in [0.5, 0.6) is 0 Å². The van der Waals surface area contributed by atoms with Gasteiger partial charge in [0.25, 0.3) is 5.91 Å². The Balaban J connectivity index is 1.94. The van der Waals surface area contributed by atoms with Crippen LogP contribution < -0.4 is 15.2 Å². The second-order valence-electron chi connectivity index (χ2n) is 4.67. The lowest BCUT2D eigenvalue weighted by Gasteiger charge is -2.18. The van der Waals surface area contributed by atoms with Gasteiger partial charge in [0.05, 0.1) is 11.4 Å². The van der Waals surface area contributed by atoms with E-state index < -0.39 is 28.9 Å². The van der Waals surface area contributed by atoms with Gasteiger partial charge in [-0.15, -0.1) is 4.31 Å². The molecule has 25 heavy (non-hydrogen) atoms. The molecular weight excluding hydrogens is 350 g/mol. The predicted octanol–water partition coefficient (Wildman–Crippen LogP) is 1.58. The Hall–Kier alpha value is -3.11. The second-order valence-corrected chi connectivity index (χ2v) is 5.93. The summed E-state index contributed by atoms with van der Waals surface area (Å²) in [6.45, 7) is -0.752. The lowest BCUT2D eigenvalue weighted by molar-refractivity contribution is -0.123. The van der Waals surface area contributed by atoms with Gasteiger partial charge in [-0.3, -0.25) is 20.2 Å². The molecule has 0 saturated heterocycles.